The van der Waals surface area contributed by atoms with Gasteiger partial charge in [-0.1, -0.05) is 6.92 Å². The summed E-state index contributed by atoms with van der Waals surface area (Å²) >= 11 is 1.33. The number of methoxy groups -OCH3 is 1. The van der Waals surface area contributed by atoms with Crippen molar-refractivity contribution in [1.29, 1.82) is 0 Å². The zero-order valence-electron chi connectivity index (χ0n) is 15.9. The summed E-state index contributed by atoms with van der Waals surface area (Å²) in [7, 11) is 1.32. The zero-order valence-corrected chi connectivity index (χ0v) is 16.7. The summed E-state index contributed by atoms with van der Waals surface area (Å²) < 4.78 is 10.4. The van der Waals surface area contributed by atoms with Crippen molar-refractivity contribution in [3.05, 3.63) is 45.5 Å². The summed E-state index contributed by atoms with van der Waals surface area (Å²) in [6, 6.07) is 1.92. The van der Waals surface area contributed by atoms with Gasteiger partial charge < -0.3 is 14.1 Å². The van der Waals surface area contributed by atoms with Gasteiger partial charge in [-0.25, -0.2) is 9.78 Å². The van der Waals surface area contributed by atoms with Crippen LogP contribution in [0.25, 0.3) is 11.3 Å². The van der Waals surface area contributed by atoms with Gasteiger partial charge in [0.15, 0.2) is 5.13 Å². The SMILES string of the molecule is CCc1[nH]c(C(=O)Nc2nc(-c3cc(C)oc3C)cs2)c(C)c1C(=O)OC. The van der Waals surface area contributed by atoms with Gasteiger partial charge in [0.2, 0.25) is 0 Å². The second-order valence-corrected chi connectivity index (χ2v) is 7.00. The lowest BCUT2D eigenvalue weighted by Gasteiger charge is -2.02. The van der Waals surface area contributed by atoms with E-state index in [1.54, 1.807) is 6.92 Å². The van der Waals surface area contributed by atoms with Crippen molar-refractivity contribution < 1.29 is 18.7 Å². The average molecular weight is 387 g/mol. The number of amides is 1. The topological polar surface area (TPSA) is 97.2 Å². The number of esters is 1. The van der Waals surface area contributed by atoms with Crippen LogP contribution in [0, 0.1) is 20.8 Å². The van der Waals surface area contributed by atoms with E-state index in [9.17, 15) is 9.59 Å². The number of nitrogens with one attached hydrogen (secondary N) is 2. The molecule has 0 fully saturated rings. The number of furan rings is 1. The first kappa shape index (κ1) is 18.9. The molecule has 0 radical (unpaired) electrons. The molecule has 0 saturated heterocycles. The molecule has 1 amide bonds. The van der Waals surface area contributed by atoms with E-state index in [1.807, 2.05) is 32.2 Å². The molecule has 0 aliphatic carbocycles. The minimum absolute atomic E-state index is 0.333. The molecule has 3 heterocycles. The number of nitrogens with zero attached hydrogens (tertiary/aromatic N) is 1. The summed E-state index contributed by atoms with van der Waals surface area (Å²) in [6.07, 6.45) is 0.582. The molecule has 0 aliphatic rings. The van der Waals surface area contributed by atoms with Gasteiger partial charge >= 0.3 is 5.97 Å². The van der Waals surface area contributed by atoms with E-state index in [2.05, 4.69) is 15.3 Å². The maximum Gasteiger partial charge on any atom is 0.339 e. The smallest absolute Gasteiger partial charge is 0.339 e. The number of hydrogen-bond acceptors (Lipinski definition) is 6. The van der Waals surface area contributed by atoms with Crippen LogP contribution in [-0.4, -0.2) is 29.0 Å². The lowest BCUT2D eigenvalue weighted by Crippen LogP contribution is -2.14. The van der Waals surface area contributed by atoms with Crippen LogP contribution in [0.5, 0.6) is 0 Å². The molecule has 8 heteroatoms. The molecular formula is C19H21N3O4S. The van der Waals surface area contributed by atoms with Gasteiger partial charge in [-0.2, -0.15) is 0 Å². The molecule has 0 saturated carbocycles. The van der Waals surface area contributed by atoms with Crippen molar-refractivity contribution in [1.82, 2.24) is 9.97 Å². The third kappa shape index (κ3) is 3.52. The molecule has 0 bridgehead atoms. The van der Waals surface area contributed by atoms with E-state index in [0.717, 1.165) is 22.8 Å². The van der Waals surface area contributed by atoms with Gasteiger partial charge in [-0.05, 0) is 38.8 Å². The molecular weight excluding hydrogens is 366 g/mol. The van der Waals surface area contributed by atoms with Crippen molar-refractivity contribution in [2.45, 2.75) is 34.1 Å². The fraction of sp³-hybridized carbons (Fsp3) is 0.316. The van der Waals surface area contributed by atoms with Gasteiger partial charge in [-0.3, -0.25) is 10.1 Å². The number of anilines is 1. The Morgan fingerprint density at radius 2 is 2.07 bits per heavy atom. The van der Waals surface area contributed by atoms with Crippen molar-refractivity contribution in [3.63, 3.8) is 0 Å². The van der Waals surface area contributed by atoms with Crippen LogP contribution < -0.4 is 5.32 Å². The Labute approximate surface area is 160 Å². The van der Waals surface area contributed by atoms with E-state index in [0.29, 0.717) is 34.1 Å². The standard InChI is InChI=1S/C19H21N3O4S/c1-6-13-15(18(24)25-5)10(3)16(20-13)17(23)22-19-21-14(8-27-19)12-7-9(2)26-11(12)4/h7-8,20H,6H2,1-5H3,(H,21,22,23). The summed E-state index contributed by atoms with van der Waals surface area (Å²) in [5, 5.41) is 5.13. The second-order valence-electron chi connectivity index (χ2n) is 6.14. The summed E-state index contributed by atoms with van der Waals surface area (Å²) in [5.74, 6) is 0.789. The average Bonchev–Trinajstić information content (AvgIpc) is 3.31. The van der Waals surface area contributed by atoms with Crippen molar-refractivity contribution in [2.24, 2.45) is 0 Å². The van der Waals surface area contributed by atoms with Crippen LogP contribution in [0.15, 0.2) is 15.9 Å². The fourth-order valence-electron chi connectivity index (χ4n) is 3.03. The summed E-state index contributed by atoms with van der Waals surface area (Å²) in [5.41, 5.74) is 3.64. The highest BCUT2D eigenvalue weighted by atomic mass is 32.1. The van der Waals surface area contributed by atoms with Crippen molar-refractivity contribution in [3.8, 4) is 11.3 Å². The first-order chi connectivity index (χ1) is 12.8. The molecule has 0 aliphatic heterocycles. The number of aromatic amines is 1. The molecule has 27 heavy (non-hydrogen) atoms. The van der Waals surface area contributed by atoms with Crippen LogP contribution in [0.4, 0.5) is 5.13 Å². The molecule has 0 atom stereocenters. The highest BCUT2D eigenvalue weighted by Crippen LogP contribution is 2.30. The Morgan fingerprint density at radius 3 is 2.67 bits per heavy atom. The number of aromatic nitrogens is 2. The first-order valence-electron chi connectivity index (χ1n) is 8.49. The number of ether oxygens (including phenoxy) is 1. The minimum Gasteiger partial charge on any atom is -0.466 e. The predicted molar refractivity (Wildman–Crippen MR) is 103 cm³/mol. The number of hydrogen-bond donors (Lipinski definition) is 2. The quantitative estimate of drug-likeness (QED) is 0.638. The van der Waals surface area contributed by atoms with E-state index in [4.69, 9.17) is 9.15 Å². The Kier molecular flexibility index (Phi) is 5.18. The third-order valence-corrected chi connectivity index (χ3v) is 5.10. The second kappa shape index (κ2) is 7.40. The number of carbonyl (C=O) groups is 2. The lowest BCUT2D eigenvalue weighted by atomic mass is 10.1. The summed E-state index contributed by atoms with van der Waals surface area (Å²) in [6.45, 7) is 7.38. The molecule has 7 nitrogen and oxygen atoms in total. The molecule has 3 aromatic heterocycles. The predicted octanol–water partition coefficient (Wildman–Crippen LogP) is 4.26. The van der Waals surface area contributed by atoms with Gasteiger partial charge in [0.1, 0.15) is 17.2 Å². The molecule has 0 spiro atoms. The Balaban J connectivity index is 1.85. The van der Waals surface area contributed by atoms with E-state index < -0.39 is 5.97 Å². The van der Waals surface area contributed by atoms with Crippen molar-refractivity contribution in [2.75, 3.05) is 12.4 Å². The van der Waals surface area contributed by atoms with E-state index in [1.165, 1.54) is 18.4 Å². The van der Waals surface area contributed by atoms with Crippen LogP contribution in [0.1, 0.15) is 50.5 Å². The van der Waals surface area contributed by atoms with E-state index in [-0.39, 0.29) is 5.91 Å². The minimum atomic E-state index is -0.456. The van der Waals surface area contributed by atoms with Crippen LogP contribution >= 0.6 is 11.3 Å². The zero-order chi connectivity index (χ0) is 19.7. The summed E-state index contributed by atoms with van der Waals surface area (Å²) in [4.78, 5) is 32.2. The normalized spacial score (nSPS) is 10.9. The molecule has 0 aromatic carbocycles. The number of carbonyl (C=O) groups excluding carboxylic acids is 2. The van der Waals surface area contributed by atoms with Gasteiger partial charge in [-0.15, -0.1) is 11.3 Å². The lowest BCUT2D eigenvalue weighted by molar-refractivity contribution is 0.0599. The largest absolute Gasteiger partial charge is 0.466 e. The third-order valence-electron chi connectivity index (χ3n) is 4.34. The molecule has 3 aromatic rings. The van der Waals surface area contributed by atoms with Gasteiger partial charge in [0.25, 0.3) is 5.91 Å². The van der Waals surface area contributed by atoms with Crippen LogP contribution in [0.3, 0.4) is 0 Å². The molecule has 0 unspecified atom stereocenters. The number of aryl methyl sites for hydroxylation is 3. The maximum absolute atomic E-state index is 12.7. The highest BCUT2D eigenvalue weighted by Gasteiger charge is 2.24. The molecule has 2 N–H and O–H groups in total. The highest BCUT2D eigenvalue weighted by molar-refractivity contribution is 7.14. The van der Waals surface area contributed by atoms with Gasteiger partial charge in [0.05, 0.1) is 18.4 Å². The Bertz CT molecular complexity index is 1010. The van der Waals surface area contributed by atoms with Crippen LogP contribution in [0.2, 0.25) is 0 Å². The maximum atomic E-state index is 12.7. The van der Waals surface area contributed by atoms with Crippen molar-refractivity contribution >= 4 is 28.3 Å². The fourth-order valence-corrected chi connectivity index (χ4v) is 3.73. The van der Waals surface area contributed by atoms with Crippen LogP contribution in [-0.2, 0) is 11.2 Å². The number of H-pyrrole nitrogens is 1. The first-order valence-corrected chi connectivity index (χ1v) is 9.37. The number of rotatable bonds is 5. The Hall–Kier alpha value is -2.87. The Morgan fingerprint density at radius 1 is 1.33 bits per heavy atom. The molecule has 142 valence electrons. The monoisotopic (exact) mass is 387 g/mol. The van der Waals surface area contributed by atoms with E-state index >= 15 is 0 Å². The van der Waals surface area contributed by atoms with Gasteiger partial charge in [0, 0.05) is 16.6 Å². The molecule has 3 rings (SSSR count). The number of thiazole rings is 1.